The molecule has 1 rings (SSSR count). The Hall–Kier alpha value is -0.240. The van der Waals surface area contributed by atoms with Gasteiger partial charge in [-0.05, 0) is 17.7 Å². The van der Waals surface area contributed by atoms with Gasteiger partial charge in [0, 0.05) is 11.4 Å². The third kappa shape index (κ3) is 3.10. The highest BCUT2D eigenvalue weighted by Crippen LogP contribution is 2.12. The first-order chi connectivity index (χ1) is 5.18. The van der Waals surface area contributed by atoms with Gasteiger partial charge in [0.1, 0.15) is 0 Å². The largest absolute Gasteiger partial charge is 0.315 e. The number of alkyl halides is 1. The van der Waals surface area contributed by atoms with Crippen molar-refractivity contribution in [2.45, 2.75) is 11.9 Å². The third-order valence-corrected chi connectivity index (χ3v) is 1.71. The van der Waals surface area contributed by atoms with Crippen molar-refractivity contribution in [3.05, 3.63) is 34.9 Å². The smallest absolute Gasteiger partial charge is 0.0841 e. The molecule has 0 aromatic heterocycles. The molecular formula is C8H9Cl2N. The zero-order chi connectivity index (χ0) is 8.27. The first-order valence-electron chi connectivity index (χ1n) is 3.32. The summed E-state index contributed by atoms with van der Waals surface area (Å²) < 4.78 is 0. The second-order valence-corrected chi connectivity index (χ2v) is 3.35. The first-order valence-corrected chi connectivity index (χ1v) is 4.14. The van der Waals surface area contributed by atoms with Crippen LogP contribution in [-0.2, 0) is 6.42 Å². The number of hydrogen-bond donors (Lipinski definition) is 1. The Balaban J connectivity index is 2.71. The molecule has 1 atom stereocenters. The van der Waals surface area contributed by atoms with Crippen molar-refractivity contribution >= 4 is 23.2 Å². The normalized spacial score (nSPS) is 13.0. The van der Waals surface area contributed by atoms with E-state index in [0.29, 0.717) is 6.42 Å². The molecular weight excluding hydrogens is 181 g/mol. The first kappa shape index (κ1) is 8.85. The van der Waals surface area contributed by atoms with Gasteiger partial charge in [-0.2, -0.15) is 0 Å². The van der Waals surface area contributed by atoms with Gasteiger partial charge in [0.25, 0.3) is 0 Å². The fraction of sp³-hybridized carbons (Fsp3) is 0.250. The van der Waals surface area contributed by atoms with E-state index in [1.165, 1.54) is 0 Å². The van der Waals surface area contributed by atoms with Crippen LogP contribution in [0.5, 0.6) is 0 Å². The maximum Gasteiger partial charge on any atom is 0.0841 e. The van der Waals surface area contributed by atoms with Gasteiger partial charge in [-0.25, -0.2) is 0 Å². The number of halogens is 2. The highest BCUT2D eigenvalue weighted by atomic mass is 35.5. The minimum absolute atomic E-state index is 0.325. The Morgan fingerprint density at radius 2 is 2.18 bits per heavy atom. The van der Waals surface area contributed by atoms with E-state index < -0.39 is 0 Å². The molecule has 1 nitrogen and oxygen atoms in total. The molecule has 1 unspecified atom stereocenters. The second kappa shape index (κ2) is 3.96. The summed E-state index contributed by atoms with van der Waals surface area (Å²) in [6.45, 7) is 0. The number of hydrogen-bond acceptors (Lipinski definition) is 1. The van der Waals surface area contributed by atoms with E-state index in [2.05, 4.69) is 0 Å². The lowest BCUT2D eigenvalue weighted by molar-refractivity contribution is 0.890. The Morgan fingerprint density at radius 3 is 2.73 bits per heavy atom. The summed E-state index contributed by atoms with van der Waals surface area (Å²) in [4.78, 5) is 0. The molecule has 0 aliphatic rings. The quantitative estimate of drug-likeness (QED) is 0.562. The van der Waals surface area contributed by atoms with Crippen molar-refractivity contribution in [2.24, 2.45) is 5.73 Å². The average Bonchev–Trinajstić information content (AvgIpc) is 1.85. The molecule has 0 aliphatic carbocycles. The summed E-state index contributed by atoms with van der Waals surface area (Å²) in [5.74, 6) is 0. The van der Waals surface area contributed by atoms with Gasteiger partial charge in [0.05, 0.1) is 5.50 Å². The van der Waals surface area contributed by atoms with E-state index in [1.807, 2.05) is 24.3 Å². The van der Waals surface area contributed by atoms with E-state index in [0.717, 1.165) is 10.6 Å². The summed E-state index contributed by atoms with van der Waals surface area (Å²) in [5.41, 5.74) is 6.14. The summed E-state index contributed by atoms with van der Waals surface area (Å²) in [6, 6.07) is 7.53. The lowest BCUT2D eigenvalue weighted by Gasteiger charge is -2.02. The zero-order valence-corrected chi connectivity index (χ0v) is 7.44. The molecule has 1 aromatic carbocycles. The molecule has 0 radical (unpaired) electrons. The van der Waals surface area contributed by atoms with Gasteiger partial charge in [-0.3, -0.25) is 0 Å². The van der Waals surface area contributed by atoms with Gasteiger partial charge in [-0.1, -0.05) is 23.7 Å². The van der Waals surface area contributed by atoms with E-state index >= 15 is 0 Å². The van der Waals surface area contributed by atoms with E-state index in [4.69, 9.17) is 28.9 Å². The molecule has 0 saturated carbocycles. The fourth-order valence-electron chi connectivity index (χ4n) is 0.889. The maximum atomic E-state index is 5.74. The van der Waals surface area contributed by atoms with Crippen LogP contribution in [-0.4, -0.2) is 5.50 Å². The molecule has 60 valence electrons. The molecule has 0 aliphatic heterocycles. The van der Waals surface area contributed by atoms with E-state index in [-0.39, 0.29) is 5.50 Å². The monoisotopic (exact) mass is 189 g/mol. The predicted octanol–water partition coefficient (Wildman–Crippen LogP) is 2.41. The Kier molecular flexibility index (Phi) is 3.18. The molecule has 0 bridgehead atoms. The fourth-order valence-corrected chi connectivity index (χ4v) is 1.28. The summed E-state index contributed by atoms with van der Waals surface area (Å²) in [6.07, 6.45) is 0.655. The van der Waals surface area contributed by atoms with Gasteiger partial charge >= 0.3 is 0 Å². The second-order valence-electron chi connectivity index (χ2n) is 2.35. The summed E-state index contributed by atoms with van der Waals surface area (Å²) in [5, 5.41) is 0.722. The molecule has 0 heterocycles. The molecule has 1 aromatic rings. The number of nitrogens with two attached hydrogens (primary N) is 1. The molecule has 0 amide bonds. The van der Waals surface area contributed by atoms with Crippen LogP contribution in [0.1, 0.15) is 5.56 Å². The third-order valence-electron chi connectivity index (χ3n) is 1.32. The van der Waals surface area contributed by atoms with Crippen LogP contribution in [0.15, 0.2) is 24.3 Å². The van der Waals surface area contributed by atoms with Crippen LogP contribution in [0.3, 0.4) is 0 Å². The van der Waals surface area contributed by atoms with Gasteiger partial charge in [0.2, 0.25) is 0 Å². The molecule has 3 heteroatoms. The standard InChI is InChI=1S/C8H9Cl2N/c9-7-3-1-2-6(4-7)5-8(10)11/h1-4,8H,5,11H2. The van der Waals surface area contributed by atoms with Gasteiger partial charge in [-0.15, -0.1) is 11.6 Å². The minimum atomic E-state index is -0.325. The predicted molar refractivity (Wildman–Crippen MR) is 49.0 cm³/mol. The summed E-state index contributed by atoms with van der Waals surface area (Å²) >= 11 is 11.3. The van der Waals surface area contributed by atoms with Crippen LogP contribution >= 0.6 is 23.2 Å². The maximum absolute atomic E-state index is 5.74. The van der Waals surface area contributed by atoms with Crippen molar-refractivity contribution in [1.29, 1.82) is 0 Å². The van der Waals surface area contributed by atoms with Crippen molar-refractivity contribution in [3.63, 3.8) is 0 Å². The van der Waals surface area contributed by atoms with Crippen LogP contribution in [0.2, 0.25) is 5.02 Å². The Morgan fingerprint density at radius 1 is 1.45 bits per heavy atom. The molecule has 0 spiro atoms. The van der Waals surface area contributed by atoms with Crippen molar-refractivity contribution < 1.29 is 0 Å². The SMILES string of the molecule is NC(Cl)Cc1cccc(Cl)c1. The minimum Gasteiger partial charge on any atom is -0.315 e. The summed E-state index contributed by atoms with van der Waals surface area (Å²) in [7, 11) is 0. The molecule has 11 heavy (non-hydrogen) atoms. The van der Waals surface area contributed by atoms with Crippen molar-refractivity contribution in [3.8, 4) is 0 Å². The highest BCUT2D eigenvalue weighted by molar-refractivity contribution is 6.30. The lowest BCUT2D eigenvalue weighted by atomic mass is 10.1. The Bertz CT molecular complexity index is 235. The number of rotatable bonds is 2. The van der Waals surface area contributed by atoms with Gasteiger partial charge < -0.3 is 5.73 Å². The lowest BCUT2D eigenvalue weighted by Crippen LogP contribution is -2.14. The van der Waals surface area contributed by atoms with Crippen molar-refractivity contribution in [1.82, 2.24) is 0 Å². The van der Waals surface area contributed by atoms with Crippen molar-refractivity contribution in [2.75, 3.05) is 0 Å². The Labute approximate surface area is 76.1 Å². The number of benzene rings is 1. The van der Waals surface area contributed by atoms with Gasteiger partial charge in [0.15, 0.2) is 0 Å². The molecule has 0 fully saturated rings. The van der Waals surface area contributed by atoms with E-state index in [9.17, 15) is 0 Å². The van der Waals surface area contributed by atoms with Crippen LogP contribution < -0.4 is 5.73 Å². The van der Waals surface area contributed by atoms with Crippen LogP contribution in [0.25, 0.3) is 0 Å². The zero-order valence-electron chi connectivity index (χ0n) is 5.93. The molecule has 2 N–H and O–H groups in total. The highest BCUT2D eigenvalue weighted by Gasteiger charge is 1.98. The van der Waals surface area contributed by atoms with Crippen LogP contribution in [0, 0.1) is 0 Å². The van der Waals surface area contributed by atoms with E-state index in [1.54, 1.807) is 0 Å². The molecule has 0 saturated heterocycles. The van der Waals surface area contributed by atoms with Crippen LogP contribution in [0.4, 0.5) is 0 Å². The topological polar surface area (TPSA) is 26.0 Å². The average molecular weight is 190 g/mol.